The Morgan fingerprint density at radius 1 is 0.788 bits per heavy atom. The van der Waals surface area contributed by atoms with Crippen LogP contribution in [0.1, 0.15) is 134 Å². The number of fused-ring (bicyclic) bond motifs is 1. The number of imidazole rings is 1. The summed E-state index contributed by atoms with van der Waals surface area (Å²) in [4.78, 5) is 73.3. The number of nitrogens with zero attached hydrogens (tertiary/aromatic N) is 4. The van der Waals surface area contributed by atoms with Gasteiger partial charge in [0, 0.05) is 45.6 Å². The maximum absolute atomic E-state index is 14.5. The van der Waals surface area contributed by atoms with Crippen LogP contribution in [0.3, 0.4) is 0 Å². The average Bonchev–Trinajstić information content (AvgIpc) is 3.73. The zero-order chi connectivity index (χ0) is 49.8. The van der Waals surface area contributed by atoms with E-state index in [2.05, 4.69) is 10.3 Å². The molecular weight excluding hydrogens is 869 g/mol. The van der Waals surface area contributed by atoms with Gasteiger partial charge in [-0.3, -0.25) is 19.3 Å². The predicted molar refractivity (Wildman–Crippen MR) is 238 cm³/mol. The van der Waals surface area contributed by atoms with Crippen molar-refractivity contribution in [2.75, 3.05) is 39.4 Å². The van der Waals surface area contributed by atoms with Crippen molar-refractivity contribution in [3.8, 4) is 0 Å². The predicted octanol–water partition coefficient (Wildman–Crippen LogP) is 6.32. The largest absolute Gasteiger partial charge is 0.460 e. The molecule has 2 heterocycles. The second-order valence-electron chi connectivity index (χ2n) is 20.3. The minimum atomic E-state index is -1.32. The number of nitrogens with one attached hydrogen (secondary N) is 1. The first-order chi connectivity index (χ1) is 30.5. The van der Waals surface area contributed by atoms with Crippen LogP contribution in [0.15, 0.2) is 18.5 Å². The molecule has 5 atom stereocenters. The van der Waals surface area contributed by atoms with E-state index >= 15 is 0 Å². The molecule has 3 N–H and O–H groups in total. The zero-order valence-corrected chi connectivity index (χ0v) is 40.7. The molecular formula is C46H73F2N5O13. The van der Waals surface area contributed by atoms with Crippen molar-refractivity contribution in [3.63, 3.8) is 0 Å². The quantitative estimate of drug-likeness (QED) is 0.0709. The summed E-state index contributed by atoms with van der Waals surface area (Å²) in [5, 5.41) is 23.8. The van der Waals surface area contributed by atoms with E-state index in [4.69, 9.17) is 28.4 Å². The van der Waals surface area contributed by atoms with Gasteiger partial charge in [-0.1, -0.05) is 0 Å². The second kappa shape index (κ2) is 23.9. The van der Waals surface area contributed by atoms with Crippen LogP contribution in [0.5, 0.6) is 0 Å². The molecule has 18 nitrogen and oxygen atoms in total. The van der Waals surface area contributed by atoms with Gasteiger partial charge < -0.3 is 53.4 Å². The number of esters is 2. The van der Waals surface area contributed by atoms with Gasteiger partial charge in [0.15, 0.2) is 17.9 Å². The smallest absolute Gasteiger partial charge is 0.410 e. The van der Waals surface area contributed by atoms with Crippen molar-refractivity contribution in [2.45, 2.75) is 181 Å². The highest BCUT2D eigenvalue weighted by Gasteiger charge is 2.46. The van der Waals surface area contributed by atoms with Gasteiger partial charge in [0.05, 0.1) is 18.5 Å². The van der Waals surface area contributed by atoms with Crippen LogP contribution in [0.25, 0.3) is 11.0 Å². The van der Waals surface area contributed by atoms with E-state index in [1.165, 1.54) is 26.8 Å². The Balaban J connectivity index is 1.81. The molecule has 1 aromatic heterocycles. The van der Waals surface area contributed by atoms with Crippen LogP contribution in [0.2, 0.25) is 0 Å². The van der Waals surface area contributed by atoms with Crippen LogP contribution < -0.4 is 5.32 Å². The van der Waals surface area contributed by atoms with Crippen LogP contribution in [0.4, 0.5) is 18.4 Å². The van der Waals surface area contributed by atoms with E-state index < -0.39 is 101 Å². The number of ether oxygens (including phenoxy) is 6. The number of halogens is 2. The molecule has 1 fully saturated rings. The average molecular weight is 942 g/mol. The van der Waals surface area contributed by atoms with E-state index in [0.29, 0.717) is 0 Å². The van der Waals surface area contributed by atoms with Crippen molar-refractivity contribution in [3.05, 3.63) is 30.1 Å². The Hall–Kier alpha value is -4.66. The number of rotatable bonds is 21. The summed E-state index contributed by atoms with van der Waals surface area (Å²) in [7, 11) is 0. The maximum atomic E-state index is 14.5. The number of hydrogen-bond donors (Lipinski definition) is 3. The van der Waals surface area contributed by atoms with Gasteiger partial charge in [-0.25, -0.2) is 23.4 Å². The van der Waals surface area contributed by atoms with E-state index in [0.717, 1.165) is 6.07 Å². The van der Waals surface area contributed by atoms with E-state index in [1.54, 1.807) is 83.1 Å². The molecule has 374 valence electrons. The zero-order valence-electron chi connectivity index (χ0n) is 40.7. The third-order valence-corrected chi connectivity index (χ3v) is 9.63. The Labute approximate surface area is 386 Å². The monoisotopic (exact) mass is 942 g/mol. The van der Waals surface area contributed by atoms with Gasteiger partial charge in [-0.05, 0) is 127 Å². The Morgan fingerprint density at radius 2 is 1.33 bits per heavy atom. The van der Waals surface area contributed by atoms with Gasteiger partial charge >= 0.3 is 24.1 Å². The third kappa shape index (κ3) is 18.2. The molecule has 3 rings (SSSR count). The number of amides is 3. The fourth-order valence-electron chi connectivity index (χ4n) is 6.95. The highest BCUT2D eigenvalue weighted by atomic mass is 19.2. The number of benzene rings is 1. The Bertz CT molecular complexity index is 1940. The Morgan fingerprint density at radius 3 is 1.89 bits per heavy atom. The van der Waals surface area contributed by atoms with Crippen molar-refractivity contribution < 1.29 is 71.4 Å². The molecule has 20 heteroatoms. The summed E-state index contributed by atoms with van der Waals surface area (Å²) in [6, 6.07) is 1.10. The minimum Gasteiger partial charge on any atom is -0.460 e. The highest BCUT2D eigenvalue weighted by molar-refractivity contribution is 5.86. The minimum absolute atomic E-state index is 0.0281. The summed E-state index contributed by atoms with van der Waals surface area (Å²) < 4.78 is 64.0. The first-order valence-corrected chi connectivity index (χ1v) is 22.6. The number of aliphatic hydroxyl groups excluding tert-OH is 2. The number of hydrogen-bond acceptors (Lipinski definition) is 14. The van der Waals surface area contributed by atoms with Crippen molar-refractivity contribution >= 4 is 41.1 Å². The standard InChI is InChI=1S/C46H73F2N5O13/c1-43(2,3)63-33(55)18-14-24-51(41(59)65-45(7,8)9)23-13-17-31(52(42(60)66-46(10,11)12)25-15-19-34(56)64-44(4,5)6)39(58)49-22-16-26-61-38-37(57)32(27-54)62-40(38)53-28-50-36-30(53)21-20-29(47)35(36)48/h20-21,28,31-32,37-38,40,54,57H,13-19,22-27H2,1-12H3,(H,49,58)/t31?,32-,37-,38-,40-/m1/s1. The van der Waals surface area contributed by atoms with Crippen molar-refractivity contribution in [2.24, 2.45) is 0 Å². The molecule has 1 saturated heterocycles. The lowest BCUT2D eigenvalue weighted by molar-refractivity contribution is -0.156. The lowest BCUT2D eigenvalue weighted by Crippen LogP contribution is -2.52. The number of aromatic nitrogens is 2. The third-order valence-electron chi connectivity index (χ3n) is 9.63. The molecule has 1 aliphatic heterocycles. The molecule has 66 heavy (non-hydrogen) atoms. The molecule has 0 radical (unpaired) electrons. The van der Waals surface area contributed by atoms with E-state index in [9.17, 15) is 43.0 Å². The maximum Gasteiger partial charge on any atom is 0.410 e. The molecule has 0 saturated carbocycles. The summed E-state index contributed by atoms with van der Waals surface area (Å²) in [6.45, 7) is 20.3. The molecule has 1 aliphatic rings. The van der Waals surface area contributed by atoms with E-state index in [-0.39, 0.29) is 88.8 Å². The van der Waals surface area contributed by atoms with Gasteiger partial charge in [-0.2, -0.15) is 0 Å². The molecule has 0 spiro atoms. The molecule has 1 unspecified atom stereocenters. The first kappa shape index (κ1) is 55.7. The Kier molecular flexibility index (Phi) is 20.1. The lowest BCUT2D eigenvalue weighted by Gasteiger charge is -2.34. The fraction of sp³-hybridized carbons (Fsp3) is 0.739. The number of aliphatic hydroxyl groups is 2. The van der Waals surface area contributed by atoms with Crippen LogP contribution in [-0.4, -0.2) is 146 Å². The van der Waals surface area contributed by atoms with Gasteiger partial charge in [-0.15, -0.1) is 0 Å². The molecule has 3 amide bonds. The SMILES string of the molecule is CC(C)(C)OC(=O)CCCN(CCCC(C(=O)NCCCO[C@@H]1[C@H](O)[C@@H](CO)O[C@H]1n1cnc2c(F)c(F)ccc21)N(CCCC(=O)OC(C)(C)C)C(=O)OC(C)(C)C)C(=O)OC(C)(C)C. The van der Waals surface area contributed by atoms with Crippen LogP contribution in [0, 0.1) is 11.6 Å². The summed E-state index contributed by atoms with van der Waals surface area (Å²) in [5.41, 5.74) is -3.27. The lowest BCUT2D eigenvalue weighted by atomic mass is 10.1. The molecule has 2 aromatic rings. The summed E-state index contributed by atoms with van der Waals surface area (Å²) in [6.07, 6.45) is -3.90. The van der Waals surface area contributed by atoms with Crippen molar-refractivity contribution in [1.29, 1.82) is 0 Å². The molecule has 1 aromatic carbocycles. The molecule has 0 bridgehead atoms. The van der Waals surface area contributed by atoms with Gasteiger partial charge in [0.25, 0.3) is 0 Å². The number of carbonyl (C=O) groups excluding carboxylic acids is 5. The van der Waals surface area contributed by atoms with Gasteiger partial charge in [0.2, 0.25) is 5.91 Å². The normalized spacial score (nSPS) is 18.4. The van der Waals surface area contributed by atoms with E-state index in [1.807, 2.05) is 0 Å². The van der Waals surface area contributed by atoms with Gasteiger partial charge in [0.1, 0.15) is 52.3 Å². The van der Waals surface area contributed by atoms with Crippen LogP contribution >= 0.6 is 0 Å². The van der Waals surface area contributed by atoms with Crippen molar-refractivity contribution in [1.82, 2.24) is 24.7 Å². The highest BCUT2D eigenvalue weighted by Crippen LogP contribution is 2.35. The fourth-order valence-corrected chi connectivity index (χ4v) is 6.95. The summed E-state index contributed by atoms with van der Waals surface area (Å²) in [5.74, 6) is -3.71. The first-order valence-electron chi connectivity index (χ1n) is 22.6. The number of carbonyl (C=O) groups is 5. The molecule has 0 aliphatic carbocycles. The summed E-state index contributed by atoms with van der Waals surface area (Å²) >= 11 is 0. The topological polar surface area (TPSA) is 218 Å². The van der Waals surface area contributed by atoms with Crippen LogP contribution in [-0.2, 0) is 42.8 Å². The second-order valence-corrected chi connectivity index (χ2v) is 20.3.